The normalized spacial score (nSPS) is 13.0. The minimum atomic E-state index is 0.845. The second-order valence-corrected chi connectivity index (χ2v) is 3.59. The van der Waals surface area contributed by atoms with Crippen LogP contribution in [0.3, 0.4) is 0 Å². The van der Waals surface area contributed by atoms with E-state index in [0.717, 1.165) is 12.1 Å². The van der Waals surface area contributed by atoms with Crippen molar-refractivity contribution in [3.05, 3.63) is 59.3 Å². The van der Waals surface area contributed by atoms with Crippen LogP contribution in [-0.2, 0) is 6.42 Å². The Kier molecular flexibility index (Phi) is 3.99. The van der Waals surface area contributed by atoms with Crippen molar-refractivity contribution >= 4 is 0 Å². The first-order valence-corrected chi connectivity index (χ1v) is 4.82. The molecule has 0 saturated heterocycles. The molecule has 0 spiro atoms. The fourth-order valence-corrected chi connectivity index (χ4v) is 1.25. The van der Waals surface area contributed by atoms with Gasteiger partial charge in [0.25, 0.3) is 0 Å². The fourth-order valence-electron chi connectivity index (χ4n) is 1.25. The van der Waals surface area contributed by atoms with Crippen molar-refractivity contribution in [1.29, 1.82) is 0 Å². The third-order valence-electron chi connectivity index (χ3n) is 1.96. The van der Waals surface area contributed by atoms with Crippen LogP contribution in [0, 0.1) is 0 Å². The molecule has 0 aliphatic carbocycles. The molecule has 1 aromatic rings. The largest absolute Gasteiger partial charge is 0.402 e. The molecule has 1 heteroatoms. The van der Waals surface area contributed by atoms with E-state index in [0.29, 0.717) is 0 Å². The van der Waals surface area contributed by atoms with Gasteiger partial charge < -0.3 is 5.73 Å². The second kappa shape index (κ2) is 5.28. The van der Waals surface area contributed by atoms with Gasteiger partial charge in [0.05, 0.1) is 0 Å². The summed E-state index contributed by atoms with van der Waals surface area (Å²) in [6.45, 7) is 4.01. The van der Waals surface area contributed by atoms with E-state index in [1.165, 1.54) is 11.1 Å². The Balaban J connectivity index is 2.62. The molecule has 74 valence electrons. The van der Waals surface area contributed by atoms with Crippen LogP contribution in [0.25, 0.3) is 0 Å². The van der Waals surface area contributed by atoms with Gasteiger partial charge in [-0.05, 0) is 31.9 Å². The maximum absolute atomic E-state index is 5.55. The van der Waals surface area contributed by atoms with Crippen LogP contribution in [0.4, 0.5) is 0 Å². The minimum absolute atomic E-state index is 0.845. The molecule has 0 aliphatic heterocycles. The van der Waals surface area contributed by atoms with Crippen molar-refractivity contribution in [2.24, 2.45) is 5.73 Å². The molecule has 0 aromatic heterocycles. The number of allylic oxidation sites excluding steroid dienone is 4. The molecule has 1 rings (SSSR count). The van der Waals surface area contributed by atoms with Crippen LogP contribution in [0.2, 0.25) is 0 Å². The quantitative estimate of drug-likeness (QED) is 0.723. The molecule has 0 bridgehead atoms. The number of hydrogen-bond donors (Lipinski definition) is 1. The highest BCUT2D eigenvalue weighted by Gasteiger charge is 1.91. The Labute approximate surface area is 85.9 Å². The summed E-state index contributed by atoms with van der Waals surface area (Å²) in [5.41, 5.74) is 9.05. The molecule has 14 heavy (non-hydrogen) atoms. The SMILES string of the molecule is C/C(N)=C\C=C(/C)Cc1ccccc1. The van der Waals surface area contributed by atoms with Gasteiger partial charge in [-0.25, -0.2) is 0 Å². The van der Waals surface area contributed by atoms with Gasteiger partial charge in [0, 0.05) is 5.70 Å². The smallest absolute Gasteiger partial charge is 0.00488 e. The first-order chi connectivity index (χ1) is 6.68. The van der Waals surface area contributed by atoms with E-state index in [1.54, 1.807) is 0 Å². The van der Waals surface area contributed by atoms with Gasteiger partial charge in [0.15, 0.2) is 0 Å². The summed E-state index contributed by atoms with van der Waals surface area (Å²) in [5.74, 6) is 0. The summed E-state index contributed by atoms with van der Waals surface area (Å²) in [4.78, 5) is 0. The molecule has 1 aromatic carbocycles. The molecular formula is C13H17N. The molecule has 0 fully saturated rings. The van der Waals surface area contributed by atoms with Crippen molar-refractivity contribution in [2.75, 3.05) is 0 Å². The van der Waals surface area contributed by atoms with E-state index >= 15 is 0 Å². The fraction of sp³-hybridized carbons (Fsp3) is 0.231. The van der Waals surface area contributed by atoms with Crippen LogP contribution in [0.1, 0.15) is 19.4 Å². The van der Waals surface area contributed by atoms with E-state index < -0.39 is 0 Å². The molecule has 0 radical (unpaired) electrons. The van der Waals surface area contributed by atoms with E-state index in [9.17, 15) is 0 Å². The molecule has 0 saturated carbocycles. The Morgan fingerprint density at radius 1 is 1.14 bits per heavy atom. The Morgan fingerprint density at radius 2 is 1.79 bits per heavy atom. The minimum Gasteiger partial charge on any atom is -0.402 e. The Morgan fingerprint density at radius 3 is 2.36 bits per heavy atom. The monoisotopic (exact) mass is 187 g/mol. The molecule has 0 heterocycles. The van der Waals surface area contributed by atoms with Gasteiger partial charge >= 0.3 is 0 Å². The van der Waals surface area contributed by atoms with Gasteiger partial charge in [0.2, 0.25) is 0 Å². The zero-order valence-corrected chi connectivity index (χ0v) is 8.83. The summed E-state index contributed by atoms with van der Waals surface area (Å²) >= 11 is 0. The average Bonchev–Trinajstić information content (AvgIpc) is 2.16. The molecule has 0 unspecified atom stereocenters. The zero-order valence-electron chi connectivity index (χ0n) is 8.83. The van der Waals surface area contributed by atoms with Crippen molar-refractivity contribution in [1.82, 2.24) is 0 Å². The maximum atomic E-state index is 5.55. The molecule has 1 nitrogen and oxygen atoms in total. The van der Waals surface area contributed by atoms with E-state index in [1.807, 2.05) is 19.1 Å². The first kappa shape index (κ1) is 10.6. The van der Waals surface area contributed by atoms with Crippen molar-refractivity contribution in [3.63, 3.8) is 0 Å². The van der Waals surface area contributed by atoms with Crippen LogP contribution in [0.15, 0.2) is 53.8 Å². The number of nitrogens with two attached hydrogens (primary N) is 1. The Hall–Kier alpha value is -1.50. The van der Waals surface area contributed by atoms with Crippen LogP contribution in [-0.4, -0.2) is 0 Å². The lowest BCUT2D eigenvalue weighted by atomic mass is 10.1. The van der Waals surface area contributed by atoms with E-state index in [4.69, 9.17) is 5.73 Å². The number of benzene rings is 1. The first-order valence-electron chi connectivity index (χ1n) is 4.82. The van der Waals surface area contributed by atoms with Crippen molar-refractivity contribution in [2.45, 2.75) is 20.3 Å². The number of hydrogen-bond acceptors (Lipinski definition) is 1. The average molecular weight is 187 g/mol. The summed E-state index contributed by atoms with van der Waals surface area (Å²) in [7, 11) is 0. The van der Waals surface area contributed by atoms with Gasteiger partial charge in [0.1, 0.15) is 0 Å². The second-order valence-electron chi connectivity index (χ2n) is 3.59. The van der Waals surface area contributed by atoms with Crippen LogP contribution >= 0.6 is 0 Å². The van der Waals surface area contributed by atoms with Crippen LogP contribution in [0.5, 0.6) is 0 Å². The molecular weight excluding hydrogens is 170 g/mol. The molecule has 0 atom stereocenters. The lowest BCUT2D eigenvalue weighted by Gasteiger charge is -2.00. The topological polar surface area (TPSA) is 26.0 Å². The predicted molar refractivity (Wildman–Crippen MR) is 61.8 cm³/mol. The third kappa shape index (κ3) is 3.94. The van der Waals surface area contributed by atoms with Gasteiger partial charge in [-0.2, -0.15) is 0 Å². The standard InChI is InChI=1S/C13H17N/c1-11(8-9-12(2)14)10-13-6-4-3-5-7-13/h3-9H,10,14H2,1-2H3/b11-8+,12-9+. The van der Waals surface area contributed by atoms with Crippen molar-refractivity contribution < 1.29 is 0 Å². The maximum Gasteiger partial charge on any atom is 0.00488 e. The summed E-state index contributed by atoms with van der Waals surface area (Å²) in [6, 6.07) is 10.4. The van der Waals surface area contributed by atoms with Crippen molar-refractivity contribution in [3.8, 4) is 0 Å². The number of rotatable bonds is 3. The summed E-state index contributed by atoms with van der Waals surface area (Å²) in [5, 5.41) is 0. The lowest BCUT2D eigenvalue weighted by molar-refractivity contribution is 1.14. The molecule has 0 amide bonds. The van der Waals surface area contributed by atoms with Gasteiger partial charge in [-0.3, -0.25) is 0 Å². The zero-order chi connectivity index (χ0) is 10.4. The highest BCUT2D eigenvalue weighted by atomic mass is 14.5. The Bertz CT molecular complexity index is 330. The van der Waals surface area contributed by atoms with Gasteiger partial charge in [-0.15, -0.1) is 0 Å². The summed E-state index contributed by atoms with van der Waals surface area (Å²) in [6.07, 6.45) is 5.01. The highest BCUT2D eigenvalue weighted by molar-refractivity contribution is 5.23. The van der Waals surface area contributed by atoms with Crippen LogP contribution < -0.4 is 5.73 Å². The van der Waals surface area contributed by atoms with E-state index in [2.05, 4.69) is 37.3 Å². The van der Waals surface area contributed by atoms with Gasteiger partial charge in [-0.1, -0.05) is 42.0 Å². The highest BCUT2D eigenvalue weighted by Crippen LogP contribution is 2.07. The lowest BCUT2D eigenvalue weighted by Crippen LogP contribution is -1.89. The molecule has 2 N–H and O–H groups in total. The van der Waals surface area contributed by atoms with E-state index in [-0.39, 0.29) is 0 Å². The molecule has 0 aliphatic rings. The third-order valence-corrected chi connectivity index (χ3v) is 1.96. The predicted octanol–water partition coefficient (Wildman–Crippen LogP) is 3.04. The summed E-state index contributed by atoms with van der Waals surface area (Å²) < 4.78 is 0.